The predicted octanol–water partition coefficient (Wildman–Crippen LogP) is 3.33. The van der Waals surface area contributed by atoms with Gasteiger partial charge in [0.15, 0.2) is 0 Å². The third-order valence-electron chi connectivity index (χ3n) is 3.93. The van der Waals surface area contributed by atoms with Crippen LogP contribution in [0, 0.1) is 5.92 Å². The minimum atomic E-state index is 0.218. The maximum absolute atomic E-state index is 6.42. The molecule has 2 rings (SSSR count). The Bertz CT molecular complexity index is 354. The van der Waals surface area contributed by atoms with E-state index in [1.54, 1.807) is 0 Å². The van der Waals surface area contributed by atoms with Gasteiger partial charge >= 0.3 is 0 Å². The molecule has 1 fully saturated rings. The third kappa shape index (κ3) is 3.01. The molecule has 17 heavy (non-hydrogen) atoms. The van der Waals surface area contributed by atoms with E-state index >= 15 is 0 Å². The fourth-order valence-electron chi connectivity index (χ4n) is 2.78. The topological polar surface area (TPSA) is 29.3 Å². The van der Waals surface area contributed by atoms with Gasteiger partial charge in [0, 0.05) is 25.8 Å². The first-order valence-corrected chi connectivity index (χ1v) is 6.71. The van der Waals surface area contributed by atoms with E-state index in [9.17, 15) is 0 Å². The first-order valence-electron chi connectivity index (χ1n) is 6.71. The summed E-state index contributed by atoms with van der Waals surface area (Å²) in [6.07, 6.45) is 6.69. The van der Waals surface area contributed by atoms with Crippen molar-refractivity contribution in [3.05, 3.63) is 29.8 Å². The molecule has 0 spiro atoms. The highest BCUT2D eigenvalue weighted by Gasteiger charge is 2.21. The van der Waals surface area contributed by atoms with Gasteiger partial charge in [-0.25, -0.2) is 0 Å². The van der Waals surface area contributed by atoms with Gasteiger partial charge in [0.2, 0.25) is 0 Å². The first kappa shape index (κ1) is 12.4. The summed E-state index contributed by atoms with van der Waals surface area (Å²) >= 11 is 0. The molecular weight excluding hydrogens is 208 g/mol. The molecule has 0 amide bonds. The van der Waals surface area contributed by atoms with Crippen LogP contribution in [0.4, 0.5) is 5.69 Å². The Balaban J connectivity index is 2.12. The number of nitrogens with zero attached hydrogens (tertiary/aromatic N) is 1. The molecule has 1 aliphatic carbocycles. The summed E-state index contributed by atoms with van der Waals surface area (Å²) in [7, 11) is 4.15. The molecule has 0 aromatic heterocycles. The van der Waals surface area contributed by atoms with Crippen molar-refractivity contribution < 1.29 is 0 Å². The highest BCUT2D eigenvalue weighted by Crippen LogP contribution is 2.33. The van der Waals surface area contributed by atoms with Gasteiger partial charge in [-0.1, -0.05) is 31.4 Å². The lowest BCUT2D eigenvalue weighted by Crippen LogP contribution is -2.23. The Morgan fingerprint density at radius 3 is 2.53 bits per heavy atom. The van der Waals surface area contributed by atoms with E-state index in [1.807, 2.05) is 0 Å². The molecule has 1 saturated carbocycles. The largest absolute Gasteiger partial charge is 0.378 e. The molecule has 94 valence electrons. The second kappa shape index (κ2) is 5.54. The molecule has 2 nitrogen and oxygen atoms in total. The molecule has 1 aromatic carbocycles. The van der Waals surface area contributed by atoms with Crippen molar-refractivity contribution in [1.82, 2.24) is 0 Å². The second-order valence-electron chi connectivity index (χ2n) is 5.41. The van der Waals surface area contributed by atoms with E-state index < -0.39 is 0 Å². The minimum absolute atomic E-state index is 0.218. The quantitative estimate of drug-likeness (QED) is 0.866. The third-order valence-corrected chi connectivity index (χ3v) is 3.93. The van der Waals surface area contributed by atoms with Crippen molar-refractivity contribution in [3.8, 4) is 0 Å². The van der Waals surface area contributed by atoms with Crippen LogP contribution in [-0.4, -0.2) is 14.1 Å². The van der Waals surface area contributed by atoms with Crippen molar-refractivity contribution in [3.63, 3.8) is 0 Å². The van der Waals surface area contributed by atoms with Gasteiger partial charge < -0.3 is 10.6 Å². The van der Waals surface area contributed by atoms with Gasteiger partial charge in [-0.15, -0.1) is 0 Å². The second-order valence-corrected chi connectivity index (χ2v) is 5.41. The van der Waals surface area contributed by atoms with Gasteiger partial charge in [-0.05, 0) is 36.5 Å². The van der Waals surface area contributed by atoms with Gasteiger partial charge in [-0.3, -0.25) is 0 Å². The number of hydrogen-bond donors (Lipinski definition) is 1. The van der Waals surface area contributed by atoms with Gasteiger partial charge in [0.25, 0.3) is 0 Å². The summed E-state index contributed by atoms with van der Waals surface area (Å²) in [6.45, 7) is 0. The molecule has 2 heteroatoms. The summed E-state index contributed by atoms with van der Waals surface area (Å²) in [6, 6.07) is 8.88. The van der Waals surface area contributed by atoms with Crippen molar-refractivity contribution in [2.75, 3.05) is 19.0 Å². The lowest BCUT2D eigenvalue weighted by molar-refractivity contribution is 0.308. The molecule has 0 aliphatic heterocycles. The van der Waals surface area contributed by atoms with Crippen LogP contribution >= 0.6 is 0 Å². The summed E-state index contributed by atoms with van der Waals surface area (Å²) in [5.41, 5.74) is 8.96. The number of anilines is 1. The average molecular weight is 232 g/mol. The highest BCUT2D eigenvalue weighted by molar-refractivity contribution is 5.47. The molecule has 2 N–H and O–H groups in total. The van der Waals surface area contributed by atoms with Crippen LogP contribution in [-0.2, 0) is 0 Å². The van der Waals surface area contributed by atoms with E-state index in [0.717, 1.165) is 0 Å². The van der Waals surface area contributed by atoms with E-state index in [0.29, 0.717) is 5.92 Å². The Morgan fingerprint density at radius 1 is 1.18 bits per heavy atom. The number of nitrogens with two attached hydrogens (primary N) is 1. The van der Waals surface area contributed by atoms with E-state index in [1.165, 1.54) is 43.4 Å². The zero-order valence-corrected chi connectivity index (χ0v) is 11.0. The Morgan fingerprint density at radius 2 is 1.88 bits per heavy atom. The average Bonchev–Trinajstić information content (AvgIpc) is 2.39. The molecular formula is C15H24N2. The van der Waals surface area contributed by atoms with Crippen LogP contribution in [0.2, 0.25) is 0 Å². The van der Waals surface area contributed by atoms with E-state index in [-0.39, 0.29) is 6.04 Å². The Kier molecular flexibility index (Phi) is 4.06. The van der Waals surface area contributed by atoms with Crippen LogP contribution in [0.1, 0.15) is 43.7 Å². The molecule has 0 bridgehead atoms. The van der Waals surface area contributed by atoms with Crippen molar-refractivity contribution in [1.29, 1.82) is 0 Å². The van der Waals surface area contributed by atoms with Crippen LogP contribution in [0.3, 0.4) is 0 Å². The smallest absolute Gasteiger partial charge is 0.0364 e. The summed E-state index contributed by atoms with van der Waals surface area (Å²) in [4.78, 5) is 2.14. The van der Waals surface area contributed by atoms with Crippen molar-refractivity contribution >= 4 is 5.69 Å². The molecule has 1 aliphatic rings. The maximum atomic E-state index is 6.42. The molecule has 0 saturated heterocycles. The van der Waals surface area contributed by atoms with E-state index in [4.69, 9.17) is 5.73 Å². The van der Waals surface area contributed by atoms with Gasteiger partial charge in [-0.2, -0.15) is 0 Å². The standard InChI is InChI=1S/C15H24N2/c1-17(2)14-10-6-9-13(11-14)15(16)12-7-4-3-5-8-12/h6,9-12,15H,3-5,7-8,16H2,1-2H3/t15-/m1/s1. The van der Waals surface area contributed by atoms with Gasteiger partial charge in [0.05, 0.1) is 0 Å². The SMILES string of the molecule is CN(C)c1cccc([C@H](N)C2CCCCC2)c1. The lowest BCUT2D eigenvalue weighted by Gasteiger charge is -2.28. The van der Waals surface area contributed by atoms with Crippen LogP contribution < -0.4 is 10.6 Å². The molecule has 0 unspecified atom stereocenters. The number of rotatable bonds is 3. The molecule has 1 aromatic rings. The zero-order valence-electron chi connectivity index (χ0n) is 11.0. The van der Waals surface area contributed by atoms with Crippen molar-refractivity contribution in [2.24, 2.45) is 11.7 Å². The Hall–Kier alpha value is -1.02. The number of hydrogen-bond acceptors (Lipinski definition) is 2. The predicted molar refractivity (Wildman–Crippen MR) is 74.3 cm³/mol. The maximum Gasteiger partial charge on any atom is 0.0364 e. The van der Waals surface area contributed by atoms with Crippen molar-refractivity contribution in [2.45, 2.75) is 38.1 Å². The summed E-state index contributed by atoms with van der Waals surface area (Å²) in [5.74, 6) is 0.682. The minimum Gasteiger partial charge on any atom is -0.378 e. The molecule has 0 heterocycles. The van der Waals surface area contributed by atoms with Crippen LogP contribution in [0.5, 0.6) is 0 Å². The van der Waals surface area contributed by atoms with E-state index in [2.05, 4.69) is 43.3 Å². The fourth-order valence-corrected chi connectivity index (χ4v) is 2.78. The Labute approximate surface area is 105 Å². The van der Waals surface area contributed by atoms with Crippen LogP contribution in [0.25, 0.3) is 0 Å². The zero-order chi connectivity index (χ0) is 12.3. The molecule has 0 radical (unpaired) electrons. The highest BCUT2D eigenvalue weighted by atomic mass is 15.1. The monoisotopic (exact) mass is 232 g/mol. The normalized spacial score (nSPS) is 19.0. The van der Waals surface area contributed by atoms with Crippen LogP contribution in [0.15, 0.2) is 24.3 Å². The first-order chi connectivity index (χ1) is 8.18. The molecule has 1 atom stereocenters. The lowest BCUT2D eigenvalue weighted by atomic mass is 9.81. The van der Waals surface area contributed by atoms with Gasteiger partial charge in [0.1, 0.15) is 0 Å². The summed E-state index contributed by atoms with van der Waals surface area (Å²) in [5, 5.41) is 0. The fraction of sp³-hybridized carbons (Fsp3) is 0.600. The summed E-state index contributed by atoms with van der Waals surface area (Å²) < 4.78 is 0. The number of benzene rings is 1.